The first-order valence-corrected chi connectivity index (χ1v) is 6.53. The second-order valence-electron chi connectivity index (χ2n) is 4.41. The molecule has 5 nitrogen and oxygen atoms in total. The Morgan fingerprint density at radius 3 is 1.50 bits per heavy atom. The molecule has 20 heavy (non-hydrogen) atoms. The van der Waals surface area contributed by atoms with Crippen LogP contribution in [0, 0.1) is 20.8 Å². The van der Waals surface area contributed by atoms with E-state index in [0.29, 0.717) is 11.1 Å². The minimum absolute atomic E-state index is 0.0259. The first-order chi connectivity index (χ1) is 9.36. The summed E-state index contributed by atoms with van der Waals surface area (Å²) in [6, 6.07) is 0. The van der Waals surface area contributed by atoms with Crippen LogP contribution < -0.4 is 0 Å². The predicted molar refractivity (Wildman–Crippen MR) is 74.2 cm³/mol. The maximum absolute atomic E-state index is 11.9. The van der Waals surface area contributed by atoms with Crippen LogP contribution in [0.1, 0.15) is 51.3 Å². The van der Waals surface area contributed by atoms with Crippen molar-refractivity contribution in [2.24, 2.45) is 0 Å². The van der Waals surface area contributed by atoms with Gasteiger partial charge in [-0.05, 0) is 51.3 Å². The molecule has 0 saturated heterocycles. The molecule has 0 unspecified atom stereocenters. The second-order valence-corrected chi connectivity index (χ2v) is 4.41. The Kier molecular flexibility index (Phi) is 5.13. The molecule has 0 bridgehead atoms. The van der Waals surface area contributed by atoms with Gasteiger partial charge in [-0.2, -0.15) is 0 Å². The largest absolute Gasteiger partial charge is 0.506 e. The molecular weight excluding hydrogens is 260 g/mol. The quantitative estimate of drug-likeness (QED) is 0.858. The monoisotopic (exact) mass is 280 g/mol. The maximum atomic E-state index is 11.9. The van der Waals surface area contributed by atoms with Crippen molar-refractivity contribution >= 4 is 11.9 Å². The molecule has 0 amide bonds. The number of hydrogen-bond acceptors (Lipinski definition) is 5. The van der Waals surface area contributed by atoms with Gasteiger partial charge in [0, 0.05) is 0 Å². The zero-order valence-corrected chi connectivity index (χ0v) is 12.5. The molecule has 0 aromatic heterocycles. The highest BCUT2D eigenvalue weighted by Crippen LogP contribution is 2.33. The molecule has 0 fully saturated rings. The molecule has 0 radical (unpaired) electrons. The standard InChI is InChI=1S/C15H20O5/c1-6-19-14(17)11-9(4)8(3)10(5)12(13(11)16)15(18)20-7-2/h16H,6-7H2,1-5H3. The number of benzene rings is 1. The lowest BCUT2D eigenvalue weighted by Gasteiger charge is -2.17. The fourth-order valence-corrected chi connectivity index (χ4v) is 2.04. The zero-order valence-electron chi connectivity index (χ0n) is 12.5. The Labute approximate surface area is 118 Å². The van der Waals surface area contributed by atoms with Crippen LogP contribution in [0.5, 0.6) is 5.75 Å². The second kappa shape index (κ2) is 6.41. The number of ether oxygens (including phenoxy) is 2. The number of rotatable bonds is 4. The van der Waals surface area contributed by atoms with Crippen LogP contribution in [-0.4, -0.2) is 30.3 Å². The van der Waals surface area contributed by atoms with Crippen molar-refractivity contribution in [2.45, 2.75) is 34.6 Å². The van der Waals surface area contributed by atoms with Gasteiger partial charge < -0.3 is 14.6 Å². The van der Waals surface area contributed by atoms with Crippen molar-refractivity contribution < 1.29 is 24.2 Å². The fraction of sp³-hybridized carbons (Fsp3) is 0.467. The molecule has 0 atom stereocenters. The van der Waals surface area contributed by atoms with Gasteiger partial charge in [0.25, 0.3) is 0 Å². The van der Waals surface area contributed by atoms with Gasteiger partial charge in [0.2, 0.25) is 0 Å². The van der Waals surface area contributed by atoms with E-state index in [1.54, 1.807) is 34.6 Å². The number of carbonyl (C=O) groups excluding carboxylic acids is 2. The third-order valence-corrected chi connectivity index (χ3v) is 3.31. The number of esters is 2. The summed E-state index contributed by atoms with van der Waals surface area (Å²) in [6.07, 6.45) is 0. The summed E-state index contributed by atoms with van der Waals surface area (Å²) in [5.41, 5.74) is 2.02. The van der Waals surface area contributed by atoms with E-state index in [4.69, 9.17) is 9.47 Å². The van der Waals surface area contributed by atoms with Gasteiger partial charge >= 0.3 is 11.9 Å². The van der Waals surface area contributed by atoms with Crippen molar-refractivity contribution in [1.29, 1.82) is 0 Å². The molecule has 0 aliphatic heterocycles. The minimum Gasteiger partial charge on any atom is -0.506 e. The predicted octanol–water partition coefficient (Wildman–Crippen LogP) is 2.67. The average Bonchev–Trinajstić information content (AvgIpc) is 2.37. The van der Waals surface area contributed by atoms with Crippen molar-refractivity contribution in [2.75, 3.05) is 13.2 Å². The van der Waals surface area contributed by atoms with Crippen molar-refractivity contribution in [3.63, 3.8) is 0 Å². The van der Waals surface area contributed by atoms with Crippen LogP contribution >= 0.6 is 0 Å². The number of aromatic hydroxyl groups is 1. The van der Waals surface area contributed by atoms with Crippen molar-refractivity contribution in [3.05, 3.63) is 27.8 Å². The van der Waals surface area contributed by atoms with E-state index < -0.39 is 11.9 Å². The minimum atomic E-state index is -0.642. The van der Waals surface area contributed by atoms with Crippen LogP contribution in [0.4, 0.5) is 0 Å². The number of phenols is 1. The molecule has 0 heterocycles. The summed E-state index contributed by atoms with van der Waals surface area (Å²) in [6.45, 7) is 8.95. The number of carbonyl (C=O) groups is 2. The lowest BCUT2D eigenvalue weighted by molar-refractivity contribution is 0.0517. The molecule has 1 aromatic rings. The molecule has 1 aromatic carbocycles. The van der Waals surface area contributed by atoms with Gasteiger partial charge in [-0.25, -0.2) is 9.59 Å². The SMILES string of the molecule is CCOC(=O)c1c(C)c(C)c(C)c(C(=O)OCC)c1O. The molecule has 0 aliphatic carbocycles. The van der Waals surface area contributed by atoms with Crippen LogP contribution in [0.15, 0.2) is 0 Å². The van der Waals surface area contributed by atoms with Crippen LogP contribution in [-0.2, 0) is 9.47 Å². The summed E-state index contributed by atoms with van der Waals surface area (Å²) in [4.78, 5) is 23.9. The Hall–Kier alpha value is -2.04. The third kappa shape index (κ3) is 2.76. The van der Waals surface area contributed by atoms with Gasteiger partial charge in [0.05, 0.1) is 13.2 Å². The molecular formula is C15H20O5. The van der Waals surface area contributed by atoms with Gasteiger partial charge in [-0.3, -0.25) is 0 Å². The topological polar surface area (TPSA) is 72.8 Å². The first-order valence-electron chi connectivity index (χ1n) is 6.53. The maximum Gasteiger partial charge on any atom is 0.342 e. The smallest absolute Gasteiger partial charge is 0.342 e. The zero-order chi connectivity index (χ0) is 15.4. The van der Waals surface area contributed by atoms with Gasteiger partial charge in [0.15, 0.2) is 0 Å². The normalized spacial score (nSPS) is 10.2. The molecule has 1 rings (SSSR count). The Bertz CT molecular complexity index is 501. The van der Waals surface area contributed by atoms with Crippen molar-refractivity contribution in [1.82, 2.24) is 0 Å². The lowest BCUT2D eigenvalue weighted by atomic mass is 9.92. The van der Waals surface area contributed by atoms with Gasteiger partial charge in [0.1, 0.15) is 16.9 Å². The van der Waals surface area contributed by atoms with E-state index in [1.165, 1.54) is 0 Å². The van der Waals surface area contributed by atoms with E-state index in [0.717, 1.165) is 5.56 Å². The molecule has 0 saturated carbocycles. The van der Waals surface area contributed by atoms with E-state index in [1.807, 2.05) is 0 Å². The van der Waals surface area contributed by atoms with E-state index in [9.17, 15) is 14.7 Å². The van der Waals surface area contributed by atoms with Crippen LogP contribution in [0.3, 0.4) is 0 Å². The molecule has 5 heteroatoms. The molecule has 110 valence electrons. The fourth-order valence-electron chi connectivity index (χ4n) is 2.04. The average molecular weight is 280 g/mol. The Morgan fingerprint density at radius 1 is 0.850 bits per heavy atom. The van der Waals surface area contributed by atoms with E-state index in [2.05, 4.69) is 0 Å². The molecule has 0 spiro atoms. The Morgan fingerprint density at radius 2 is 1.20 bits per heavy atom. The summed E-state index contributed by atoms with van der Waals surface area (Å²) in [5, 5.41) is 10.3. The summed E-state index contributed by atoms with van der Waals surface area (Å²) >= 11 is 0. The van der Waals surface area contributed by atoms with Gasteiger partial charge in [-0.15, -0.1) is 0 Å². The highest BCUT2D eigenvalue weighted by atomic mass is 16.5. The molecule has 0 aliphatic rings. The highest BCUT2D eigenvalue weighted by Gasteiger charge is 2.27. The van der Waals surface area contributed by atoms with E-state index >= 15 is 0 Å². The summed E-state index contributed by atoms with van der Waals surface area (Å²) in [5.74, 6) is -1.66. The third-order valence-electron chi connectivity index (χ3n) is 3.31. The van der Waals surface area contributed by atoms with Gasteiger partial charge in [-0.1, -0.05) is 0 Å². The lowest BCUT2D eigenvalue weighted by Crippen LogP contribution is -2.15. The van der Waals surface area contributed by atoms with Crippen molar-refractivity contribution in [3.8, 4) is 5.75 Å². The summed E-state index contributed by atoms with van der Waals surface area (Å²) < 4.78 is 9.86. The Balaban J connectivity index is 3.54. The number of phenolic OH excluding ortho intramolecular Hbond substituents is 1. The van der Waals surface area contributed by atoms with E-state index in [-0.39, 0.29) is 30.1 Å². The molecule has 1 N–H and O–H groups in total. The number of hydrogen-bond donors (Lipinski definition) is 1. The van der Waals surface area contributed by atoms with Crippen LogP contribution in [0.2, 0.25) is 0 Å². The summed E-state index contributed by atoms with van der Waals surface area (Å²) in [7, 11) is 0. The first kappa shape index (κ1) is 16.0. The van der Waals surface area contributed by atoms with Crippen LogP contribution in [0.25, 0.3) is 0 Å². The highest BCUT2D eigenvalue weighted by molar-refractivity contribution is 6.02.